The number of hydrogen-bond acceptors (Lipinski definition) is 2. The number of hydrogen-bond donors (Lipinski definition) is 0. The summed E-state index contributed by atoms with van der Waals surface area (Å²) in [6, 6.07) is 17.8. The van der Waals surface area contributed by atoms with Gasteiger partial charge in [-0.2, -0.15) is 0 Å². The van der Waals surface area contributed by atoms with Gasteiger partial charge in [-0.1, -0.05) is 42.5 Å². The molecule has 0 bridgehead atoms. The van der Waals surface area contributed by atoms with Crippen molar-refractivity contribution in [2.75, 3.05) is 6.61 Å². The van der Waals surface area contributed by atoms with Gasteiger partial charge >= 0.3 is 5.97 Å². The second kappa shape index (κ2) is 8.25. The van der Waals surface area contributed by atoms with Crippen LogP contribution in [-0.2, 0) is 17.6 Å². The van der Waals surface area contributed by atoms with Gasteiger partial charge in [-0.25, -0.2) is 4.79 Å². The van der Waals surface area contributed by atoms with Gasteiger partial charge in [-0.15, -0.1) is 0 Å². The number of ether oxygens (including phenoxy) is 1. The van der Waals surface area contributed by atoms with E-state index in [9.17, 15) is 4.79 Å². The molecule has 1 aliphatic rings. The lowest BCUT2D eigenvalue weighted by atomic mass is 9.92. The Morgan fingerprint density at radius 1 is 0.905 bits per heavy atom. The van der Waals surface area contributed by atoms with Crippen LogP contribution in [0.4, 0.5) is 0 Å². The van der Waals surface area contributed by atoms with Crippen molar-refractivity contribution < 1.29 is 9.53 Å². The van der Waals surface area contributed by atoms with Crippen molar-refractivity contribution in [3.8, 4) is 0 Å². The van der Waals surface area contributed by atoms with E-state index in [0.717, 1.165) is 0 Å². The fourth-order valence-corrected chi connectivity index (χ4v) is 2.46. The zero-order valence-corrected chi connectivity index (χ0v) is 12.5. The van der Waals surface area contributed by atoms with E-state index < -0.39 is 0 Å². The molecule has 2 aromatic carbocycles. The molecule has 0 heterocycles. The highest BCUT2D eigenvalue weighted by Gasteiger charge is 2.06. The van der Waals surface area contributed by atoms with Crippen LogP contribution in [0.25, 0.3) is 0 Å². The Labute approximate surface area is 126 Å². The summed E-state index contributed by atoms with van der Waals surface area (Å²) in [7, 11) is 0. The van der Waals surface area contributed by atoms with E-state index in [1.54, 1.807) is 30.2 Å². The molecule has 110 valence electrons. The van der Waals surface area contributed by atoms with Gasteiger partial charge in [0.15, 0.2) is 0 Å². The summed E-state index contributed by atoms with van der Waals surface area (Å²) in [5.74, 6) is -0.256. The van der Waals surface area contributed by atoms with Crippen molar-refractivity contribution in [2.24, 2.45) is 0 Å². The number of fused-ring (bicyclic) bond motifs is 1. The maximum Gasteiger partial charge on any atom is 0.338 e. The van der Waals surface area contributed by atoms with E-state index in [0.29, 0.717) is 12.2 Å². The number of rotatable bonds is 2. The normalized spacial score (nSPS) is 12.6. The molecule has 0 saturated carbocycles. The molecule has 0 saturated heterocycles. The van der Waals surface area contributed by atoms with Crippen molar-refractivity contribution in [1.82, 2.24) is 0 Å². The number of carbonyl (C=O) groups is 1. The minimum absolute atomic E-state index is 0.256. The molecular weight excluding hydrogens is 260 g/mol. The molecule has 0 unspecified atom stereocenters. The first kappa shape index (κ1) is 15.3. The zero-order valence-electron chi connectivity index (χ0n) is 12.5. The van der Waals surface area contributed by atoms with Gasteiger partial charge in [0.25, 0.3) is 0 Å². The first-order valence-corrected chi connectivity index (χ1v) is 7.60. The number of benzene rings is 2. The van der Waals surface area contributed by atoms with Crippen molar-refractivity contribution >= 4 is 5.97 Å². The summed E-state index contributed by atoms with van der Waals surface area (Å²) in [5, 5.41) is 0. The maximum atomic E-state index is 11.0. The molecule has 2 aromatic rings. The Kier molecular flexibility index (Phi) is 6.01. The van der Waals surface area contributed by atoms with Gasteiger partial charge in [0.05, 0.1) is 12.2 Å². The van der Waals surface area contributed by atoms with Gasteiger partial charge in [0.1, 0.15) is 0 Å². The summed E-state index contributed by atoms with van der Waals surface area (Å²) in [6.45, 7) is 2.22. The molecule has 2 heteroatoms. The molecule has 2 nitrogen and oxygen atoms in total. The molecule has 0 aromatic heterocycles. The molecule has 21 heavy (non-hydrogen) atoms. The smallest absolute Gasteiger partial charge is 0.338 e. The Hall–Kier alpha value is -2.09. The summed E-state index contributed by atoms with van der Waals surface area (Å²) in [4.78, 5) is 11.0. The summed E-state index contributed by atoms with van der Waals surface area (Å²) < 4.78 is 4.79. The summed E-state index contributed by atoms with van der Waals surface area (Å²) in [6.07, 6.45) is 5.38. The highest BCUT2D eigenvalue weighted by molar-refractivity contribution is 5.89. The molecule has 0 amide bonds. The molecule has 0 fully saturated rings. The first-order chi connectivity index (χ1) is 10.3. The summed E-state index contributed by atoms with van der Waals surface area (Å²) >= 11 is 0. The van der Waals surface area contributed by atoms with Crippen molar-refractivity contribution in [2.45, 2.75) is 32.6 Å². The molecule has 0 N–H and O–H groups in total. The van der Waals surface area contributed by atoms with E-state index in [-0.39, 0.29) is 5.97 Å². The minimum atomic E-state index is -0.256. The number of carbonyl (C=O) groups excluding carboxylic acids is 1. The Balaban J connectivity index is 0.000000154. The van der Waals surface area contributed by atoms with E-state index >= 15 is 0 Å². The molecular formula is C19H22O2. The molecule has 1 aliphatic carbocycles. The van der Waals surface area contributed by atoms with Crippen LogP contribution in [0.3, 0.4) is 0 Å². The third-order valence-electron chi connectivity index (χ3n) is 3.55. The van der Waals surface area contributed by atoms with Gasteiger partial charge in [0, 0.05) is 0 Å². The van der Waals surface area contributed by atoms with Gasteiger partial charge in [-0.3, -0.25) is 0 Å². The van der Waals surface area contributed by atoms with Crippen LogP contribution in [0, 0.1) is 0 Å². The van der Waals surface area contributed by atoms with Gasteiger partial charge in [-0.05, 0) is 55.9 Å². The highest BCUT2D eigenvalue weighted by atomic mass is 16.5. The van der Waals surface area contributed by atoms with Crippen LogP contribution in [0.5, 0.6) is 0 Å². The number of aryl methyl sites for hydroxylation is 2. The third kappa shape index (κ3) is 4.75. The van der Waals surface area contributed by atoms with Crippen molar-refractivity contribution in [3.63, 3.8) is 0 Å². The fraction of sp³-hybridized carbons (Fsp3) is 0.316. The predicted molar refractivity (Wildman–Crippen MR) is 85.5 cm³/mol. The Bertz CT molecular complexity index is 536. The quantitative estimate of drug-likeness (QED) is 0.762. The molecule has 3 rings (SSSR count). The van der Waals surface area contributed by atoms with E-state index in [2.05, 4.69) is 24.3 Å². The molecule has 0 atom stereocenters. The molecule has 0 radical (unpaired) electrons. The van der Waals surface area contributed by atoms with Gasteiger partial charge < -0.3 is 4.74 Å². The van der Waals surface area contributed by atoms with Crippen LogP contribution in [0.15, 0.2) is 54.6 Å². The monoisotopic (exact) mass is 282 g/mol. The average molecular weight is 282 g/mol. The lowest BCUT2D eigenvalue weighted by Gasteiger charge is -2.13. The lowest BCUT2D eigenvalue weighted by molar-refractivity contribution is 0.0526. The second-order valence-corrected chi connectivity index (χ2v) is 5.06. The third-order valence-corrected chi connectivity index (χ3v) is 3.55. The Morgan fingerprint density at radius 2 is 1.43 bits per heavy atom. The zero-order chi connectivity index (χ0) is 14.9. The Morgan fingerprint density at radius 3 is 1.95 bits per heavy atom. The largest absolute Gasteiger partial charge is 0.462 e. The predicted octanol–water partition coefficient (Wildman–Crippen LogP) is 4.43. The highest BCUT2D eigenvalue weighted by Crippen LogP contribution is 2.19. The first-order valence-electron chi connectivity index (χ1n) is 7.60. The van der Waals surface area contributed by atoms with Crippen LogP contribution in [0.2, 0.25) is 0 Å². The average Bonchev–Trinajstić information content (AvgIpc) is 2.57. The van der Waals surface area contributed by atoms with Crippen LogP contribution >= 0.6 is 0 Å². The standard InChI is InChI=1S/C10H12.C9H10O2/c1-2-6-10-8-4-3-7-9(10)5-1;1-2-11-9(10)8-6-4-3-5-7-8/h1-2,5-6H,3-4,7-8H2;3-7H,2H2,1H3. The van der Waals surface area contributed by atoms with Crippen molar-refractivity contribution in [3.05, 3.63) is 71.3 Å². The van der Waals surface area contributed by atoms with Gasteiger partial charge in [0.2, 0.25) is 0 Å². The van der Waals surface area contributed by atoms with Crippen LogP contribution in [0.1, 0.15) is 41.3 Å². The van der Waals surface area contributed by atoms with Crippen LogP contribution in [-0.4, -0.2) is 12.6 Å². The number of esters is 1. The van der Waals surface area contributed by atoms with Crippen molar-refractivity contribution in [1.29, 1.82) is 0 Å². The van der Waals surface area contributed by atoms with Crippen LogP contribution < -0.4 is 0 Å². The SMILES string of the molecule is CCOC(=O)c1ccccc1.c1ccc2c(c1)CCCC2. The second-order valence-electron chi connectivity index (χ2n) is 5.06. The molecule has 0 spiro atoms. The van der Waals surface area contributed by atoms with E-state index in [1.807, 2.05) is 18.2 Å². The fourth-order valence-electron chi connectivity index (χ4n) is 2.46. The minimum Gasteiger partial charge on any atom is -0.462 e. The summed E-state index contributed by atoms with van der Waals surface area (Å²) in [5.41, 5.74) is 3.76. The molecule has 0 aliphatic heterocycles. The lowest BCUT2D eigenvalue weighted by Crippen LogP contribution is -2.03. The van der Waals surface area contributed by atoms with E-state index in [1.165, 1.54) is 25.7 Å². The van der Waals surface area contributed by atoms with E-state index in [4.69, 9.17) is 4.74 Å². The maximum absolute atomic E-state index is 11.0. The topological polar surface area (TPSA) is 26.3 Å².